The highest BCUT2D eigenvalue weighted by atomic mass is 16.7. The van der Waals surface area contributed by atoms with Gasteiger partial charge in [-0.15, -0.1) is 0 Å². The monoisotopic (exact) mass is 436 g/mol. The van der Waals surface area contributed by atoms with E-state index in [9.17, 15) is 14.7 Å². The van der Waals surface area contributed by atoms with E-state index in [1.54, 1.807) is 13.0 Å². The Balaban J connectivity index is 2.18. The zero-order valence-electron chi connectivity index (χ0n) is 18.9. The molecule has 0 aromatic carbocycles. The number of carbonyl (C=O) groups is 2. The zero-order valence-corrected chi connectivity index (χ0v) is 18.9. The van der Waals surface area contributed by atoms with Crippen LogP contribution < -0.4 is 0 Å². The molecule has 1 saturated heterocycles. The highest BCUT2D eigenvalue weighted by molar-refractivity contribution is 5.95. The van der Waals surface area contributed by atoms with Gasteiger partial charge in [-0.25, -0.2) is 9.59 Å². The molecule has 3 rings (SSSR count). The van der Waals surface area contributed by atoms with E-state index in [0.29, 0.717) is 31.6 Å². The Hall–Kier alpha value is -2.00. The molecule has 3 heterocycles. The molecular weight excluding hydrogens is 404 g/mol. The van der Waals surface area contributed by atoms with Gasteiger partial charge in [0.2, 0.25) is 0 Å². The third-order valence-electron chi connectivity index (χ3n) is 5.98. The molecule has 8 heteroatoms. The van der Waals surface area contributed by atoms with E-state index < -0.39 is 35.0 Å². The molecule has 0 aromatic heterocycles. The van der Waals surface area contributed by atoms with Gasteiger partial charge in [0.1, 0.15) is 17.5 Å². The molecule has 1 N–H and O–H groups in total. The molecule has 0 saturated carbocycles. The lowest BCUT2D eigenvalue weighted by Gasteiger charge is -2.43. The lowest BCUT2D eigenvalue weighted by atomic mass is 9.82. The van der Waals surface area contributed by atoms with Gasteiger partial charge in [-0.05, 0) is 47.1 Å². The third kappa shape index (κ3) is 4.35. The number of rotatable bonds is 7. The van der Waals surface area contributed by atoms with E-state index in [4.69, 9.17) is 23.7 Å². The van der Waals surface area contributed by atoms with E-state index >= 15 is 0 Å². The quantitative estimate of drug-likeness (QED) is 0.480. The SMILES string of the molecule is C=C(C)C(=O)O[C@H]1C[C@@](C)(O)[C@]2(OCC)CC[C@](C)(/C=C3/OC(=O)C(COCC)=C31)O2. The minimum atomic E-state index is -1.54. The van der Waals surface area contributed by atoms with Crippen molar-refractivity contribution < 1.29 is 38.4 Å². The third-order valence-corrected chi connectivity index (χ3v) is 5.98. The summed E-state index contributed by atoms with van der Waals surface area (Å²) < 4.78 is 29.0. The smallest absolute Gasteiger partial charge is 0.342 e. The average Bonchev–Trinajstić information content (AvgIpc) is 3.17. The summed E-state index contributed by atoms with van der Waals surface area (Å²) in [6.45, 7) is 13.0. The zero-order chi connectivity index (χ0) is 23.0. The Bertz CT molecular complexity index is 839. The molecule has 3 aliphatic heterocycles. The van der Waals surface area contributed by atoms with Crippen LogP contribution in [0.2, 0.25) is 0 Å². The summed E-state index contributed by atoms with van der Waals surface area (Å²) in [6, 6.07) is 0. The number of fused-ring (bicyclic) bond motifs is 3. The van der Waals surface area contributed by atoms with Gasteiger partial charge in [-0.1, -0.05) is 6.58 Å². The topological polar surface area (TPSA) is 101 Å². The maximum atomic E-state index is 12.7. The van der Waals surface area contributed by atoms with Gasteiger partial charge in [0.25, 0.3) is 0 Å². The molecule has 2 bridgehead atoms. The van der Waals surface area contributed by atoms with Crippen molar-refractivity contribution in [3.63, 3.8) is 0 Å². The Morgan fingerprint density at radius 2 is 2.00 bits per heavy atom. The average molecular weight is 437 g/mol. The number of hydrogen-bond acceptors (Lipinski definition) is 8. The fraction of sp³-hybridized carbons (Fsp3) is 0.652. The van der Waals surface area contributed by atoms with Gasteiger partial charge >= 0.3 is 11.9 Å². The van der Waals surface area contributed by atoms with E-state index in [0.717, 1.165) is 0 Å². The maximum Gasteiger partial charge on any atom is 0.342 e. The molecule has 4 atom stereocenters. The Morgan fingerprint density at radius 3 is 2.61 bits per heavy atom. The minimum absolute atomic E-state index is 0.000550. The van der Waals surface area contributed by atoms with E-state index in [1.165, 1.54) is 6.92 Å². The van der Waals surface area contributed by atoms with Crippen LogP contribution in [-0.4, -0.2) is 60.0 Å². The van der Waals surface area contributed by atoms with Crippen LogP contribution in [0.5, 0.6) is 0 Å². The van der Waals surface area contributed by atoms with Crippen molar-refractivity contribution >= 4 is 11.9 Å². The summed E-state index contributed by atoms with van der Waals surface area (Å²) in [6.07, 6.45) is 1.63. The number of hydrogen-bond donors (Lipinski definition) is 1. The molecule has 0 radical (unpaired) electrons. The van der Waals surface area contributed by atoms with Crippen molar-refractivity contribution in [3.8, 4) is 0 Å². The second-order valence-corrected chi connectivity index (χ2v) is 8.68. The van der Waals surface area contributed by atoms with Crippen LogP contribution in [0.4, 0.5) is 0 Å². The molecule has 3 aliphatic rings. The van der Waals surface area contributed by atoms with Gasteiger partial charge in [-0.3, -0.25) is 0 Å². The van der Waals surface area contributed by atoms with Crippen LogP contribution in [0.15, 0.2) is 35.1 Å². The van der Waals surface area contributed by atoms with Crippen LogP contribution in [0.3, 0.4) is 0 Å². The molecule has 0 spiro atoms. The second-order valence-electron chi connectivity index (χ2n) is 8.68. The summed E-state index contributed by atoms with van der Waals surface area (Å²) in [5, 5.41) is 11.6. The summed E-state index contributed by atoms with van der Waals surface area (Å²) in [7, 11) is 0. The first-order valence-electron chi connectivity index (χ1n) is 10.7. The first-order valence-corrected chi connectivity index (χ1v) is 10.7. The first-order chi connectivity index (χ1) is 14.5. The van der Waals surface area contributed by atoms with E-state index in [-0.39, 0.29) is 29.9 Å². The Kier molecular flexibility index (Phi) is 6.49. The van der Waals surface area contributed by atoms with E-state index in [2.05, 4.69) is 6.58 Å². The fourth-order valence-corrected chi connectivity index (χ4v) is 4.36. The Labute approximate surface area is 182 Å². The molecule has 1 fully saturated rings. The molecule has 0 aromatic rings. The minimum Gasteiger partial charge on any atom is -0.454 e. The molecule has 0 amide bonds. The highest BCUT2D eigenvalue weighted by Crippen LogP contribution is 2.51. The number of esters is 2. The summed E-state index contributed by atoms with van der Waals surface area (Å²) in [5.41, 5.74) is -1.55. The number of ether oxygens (including phenoxy) is 5. The van der Waals surface area contributed by atoms with Crippen molar-refractivity contribution in [2.45, 2.75) is 77.0 Å². The van der Waals surface area contributed by atoms with Crippen molar-refractivity contribution in [3.05, 3.63) is 35.1 Å². The molecule has 172 valence electrons. The molecule has 0 aliphatic carbocycles. The summed E-state index contributed by atoms with van der Waals surface area (Å²) in [5.74, 6) is -2.24. The van der Waals surface area contributed by atoms with Crippen LogP contribution in [-0.2, 0) is 33.3 Å². The molecule has 31 heavy (non-hydrogen) atoms. The van der Waals surface area contributed by atoms with Crippen LogP contribution in [0.25, 0.3) is 0 Å². The van der Waals surface area contributed by atoms with Gasteiger partial charge in [0, 0.05) is 37.2 Å². The van der Waals surface area contributed by atoms with E-state index in [1.807, 2.05) is 20.8 Å². The second kappa shape index (κ2) is 8.50. The predicted octanol–water partition coefficient (Wildman–Crippen LogP) is 2.70. The number of carbonyl (C=O) groups excluding carboxylic acids is 2. The Morgan fingerprint density at radius 1 is 1.29 bits per heavy atom. The maximum absolute atomic E-state index is 12.7. The van der Waals surface area contributed by atoms with Gasteiger partial charge < -0.3 is 28.8 Å². The largest absolute Gasteiger partial charge is 0.454 e. The molecule has 8 nitrogen and oxygen atoms in total. The lowest BCUT2D eigenvalue weighted by molar-refractivity contribution is -0.318. The standard InChI is InChI=1S/C23H32O8/c1-7-27-13-15-18-16(30-20(15)25)11-21(5)9-10-23(31-21,28-8-2)22(6,26)12-17(18)29-19(24)14(3)4/h11,17,26H,3,7-10,12-13H2,1-2,4-6H3/b16-11+/t17-,21+,22+,23-/m0/s1. The van der Waals surface area contributed by atoms with Crippen molar-refractivity contribution in [2.75, 3.05) is 19.8 Å². The predicted molar refractivity (Wildman–Crippen MR) is 111 cm³/mol. The van der Waals surface area contributed by atoms with Gasteiger partial charge in [0.05, 0.1) is 17.8 Å². The summed E-state index contributed by atoms with van der Waals surface area (Å²) in [4.78, 5) is 25.1. The van der Waals surface area contributed by atoms with Crippen molar-refractivity contribution in [1.29, 1.82) is 0 Å². The van der Waals surface area contributed by atoms with Gasteiger partial charge in [-0.2, -0.15) is 0 Å². The molecular formula is C23H32O8. The fourth-order valence-electron chi connectivity index (χ4n) is 4.36. The summed E-state index contributed by atoms with van der Waals surface area (Å²) >= 11 is 0. The lowest BCUT2D eigenvalue weighted by Crippen LogP contribution is -2.56. The van der Waals surface area contributed by atoms with Crippen LogP contribution in [0, 0.1) is 0 Å². The highest BCUT2D eigenvalue weighted by Gasteiger charge is 2.60. The van der Waals surface area contributed by atoms with Gasteiger partial charge in [0.15, 0.2) is 5.79 Å². The van der Waals surface area contributed by atoms with Crippen molar-refractivity contribution in [2.24, 2.45) is 0 Å². The van der Waals surface area contributed by atoms with Crippen LogP contribution >= 0.6 is 0 Å². The number of aliphatic hydroxyl groups is 1. The normalized spacial score (nSPS) is 36.6. The molecule has 0 unspecified atom stereocenters. The van der Waals surface area contributed by atoms with Crippen molar-refractivity contribution in [1.82, 2.24) is 0 Å². The first kappa shape index (κ1) is 23.7. The van der Waals surface area contributed by atoms with Crippen LogP contribution in [0.1, 0.15) is 53.9 Å².